The van der Waals surface area contributed by atoms with Gasteiger partial charge in [0.15, 0.2) is 0 Å². The zero-order valence-electron chi connectivity index (χ0n) is 6.10. The molecule has 0 aliphatic rings. The molecule has 0 bridgehead atoms. The highest BCUT2D eigenvalue weighted by atomic mass is 19.4. The van der Waals surface area contributed by atoms with E-state index in [1.54, 1.807) is 0 Å². The summed E-state index contributed by atoms with van der Waals surface area (Å²) in [7, 11) is 0. The molecule has 0 radical (unpaired) electrons. The van der Waals surface area contributed by atoms with Gasteiger partial charge in [-0.1, -0.05) is 0 Å². The molecular weight excluding hydrogens is 171 g/mol. The van der Waals surface area contributed by atoms with E-state index in [1.165, 1.54) is 12.4 Å². The van der Waals surface area contributed by atoms with Crippen LogP contribution >= 0.6 is 0 Å². The Balaban J connectivity index is 2.53. The molecule has 0 saturated carbocycles. The third kappa shape index (κ3) is 2.23. The van der Waals surface area contributed by atoms with Crippen LogP contribution in [0.2, 0.25) is 0 Å². The van der Waals surface area contributed by atoms with E-state index in [4.69, 9.17) is 5.73 Å². The van der Waals surface area contributed by atoms with Crippen LogP contribution in [0.1, 0.15) is 5.56 Å². The second kappa shape index (κ2) is 3.14. The SMILES string of the molecule is NC(Cc1cn[nH]c1)C(F)(F)F. The monoisotopic (exact) mass is 179 g/mol. The highest BCUT2D eigenvalue weighted by molar-refractivity contribution is 5.05. The van der Waals surface area contributed by atoms with Crippen molar-refractivity contribution in [3.8, 4) is 0 Å². The van der Waals surface area contributed by atoms with Crippen molar-refractivity contribution in [2.24, 2.45) is 5.73 Å². The minimum Gasteiger partial charge on any atom is -0.320 e. The van der Waals surface area contributed by atoms with Crippen LogP contribution in [0.4, 0.5) is 13.2 Å². The van der Waals surface area contributed by atoms with Crippen molar-refractivity contribution >= 4 is 0 Å². The lowest BCUT2D eigenvalue weighted by molar-refractivity contribution is -0.147. The number of rotatable bonds is 2. The molecular formula is C6H8F3N3. The molecule has 0 aromatic carbocycles. The summed E-state index contributed by atoms with van der Waals surface area (Å²) in [4.78, 5) is 0. The minimum atomic E-state index is -4.34. The van der Waals surface area contributed by atoms with E-state index in [1.807, 2.05) is 0 Å². The van der Waals surface area contributed by atoms with Gasteiger partial charge in [0.05, 0.1) is 6.20 Å². The van der Waals surface area contributed by atoms with Crippen molar-refractivity contribution in [2.45, 2.75) is 18.6 Å². The summed E-state index contributed by atoms with van der Waals surface area (Å²) >= 11 is 0. The fourth-order valence-corrected chi connectivity index (χ4v) is 0.759. The third-order valence-electron chi connectivity index (χ3n) is 1.43. The summed E-state index contributed by atoms with van der Waals surface area (Å²) < 4.78 is 35.7. The molecule has 1 heterocycles. The smallest absolute Gasteiger partial charge is 0.320 e. The van der Waals surface area contributed by atoms with Gasteiger partial charge in [0.1, 0.15) is 6.04 Å². The Bertz CT molecular complexity index is 229. The average molecular weight is 179 g/mol. The predicted octanol–water partition coefficient (Wildman–Crippen LogP) is 0.842. The minimum absolute atomic E-state index is 0.236. The first-order chi connectivity index (χ1) is 5.50. The molecule has 3 N–H and O–H groups in total. The summed E-state index contributed by atoms with van der Waals surface area (Å²) in [6, 6.07) is -1.81. The quantitative estimate of drug-likeness (QED) is 0.706. The van der Waals surface area contributed by atoms with Gasteiger partial charge in [-0.15, -0.1) is 0 Å². The first kappa shape index (κ1) is 9.05. The van der Waals surface area contributed by atoms with Crippen LogP contribution in [0.15, 0.2) is 12.4 Å². The molecule has 0 amide bonds. The summed E-state index contributed by atoms with van der Waals surface area (Å²) in [5.41, 5.74) is 5.33. The molecule has 68 valence electrons. The number of nitrogens with zero attached hydrogens (tertiary/aromatic N) is 1. The zero-order valence-corrected chi connectivity index (χ0v) is 6.10. The molecule has 0 aliphatic carbocycles. The van der Waals surface area contributed by atoms with E-state index >= 15 is 0 Å². The standard InChI is InChI=1S/C6H8F3N3/c7-6(8,9)5(10)1-4-2-11-12-3-4/h2-3,5H,1,10H2,(H,11,12). The Morgan fingerprint density at radius 2 is 2.25 bits per heavy atom. The van der Waals surface area contributed by atoms with Gasteiger partial charge < -0.3 is 5.73 Å². The van der Waals surface area contributed by atoms with Gasteiger partial charge in [-0.25, -0.2) is 0 Å². The van der Waals surface area contributed by atoms with Gasteiger partial charge >= 0.3 is 6.18 Å². The van der Waals surface area contributed by atoms with Crippen LogP contribution < -0.4 is 5.73 Å². The molecule has 1 atom stereocenters. The third-order valence-corrected chi connectivity index (χ3v) is 1.43. The highest BCUT2D eigenvalue weighted by Crippen LogP contribution is 2.20. The molecule has 1 aromatic rings. The van der Waals surface area contributed by atoms with Gasteiger partial charge in [0, 0.05) is 6.20 Å². The first-order valence-corrected chi connectivity index (χ1v) is 3.30. The van der Waals surface area contributed by atoms with Crippen LogP contribution in [-0.2, 0) is 6.42 Å². The van der Waals surface area contributed by atoms with E-state index in [2.05, 4.69) is 10.2 Å². The topological polar surface area (TPSA) is 54.7 Å². The number of hydrogen-bond donors (Lipinski definition) is 2. The van der Waals surface area contributed by atoms with Crippen LogP contribution in [0, 0.1) is 0 Å². The fraction of sp³-hybridized carbons (Fsp3) is 0.500. The van der Waals surface area contributed by atoms with Crippen molar-refractivity contribution in [1.82, 2.24) is 10.2 Å². The number of nitrogens with two attached hydrogens (primary N) is 1. The van der Waals surface area contributed by atoms with Crippen LogP contribution in [-0.4, -0.2) is 22.4 Å². The number of H-pyrrole nitrogens is 1. The maximum Gasteiger partial charge on any atom is 0.403 e. The second-order valence-corrected chi connectivity index (χ2v) is 2.46. The predicted molar refractivity (Wildman–Crippen MR) is 36.3 cm³/mol. The zero-order chi connectivity index (χ0) is 9.19. The average Bonchev–Trinajstić information content (AvgIpc) is 2.37. The molecule has 12 heavy (non-hydrogen) atoms. The van der Waals surface area contributed by atoms with Crippen LogP contribution in [0.3, 0.4) is 0 Å². The molecule has 3 nitrogen and oxygen atoms in total. The maximum atomic E-state index is 11.9. The Kier molecular flexibility index (Phi) is 2.37. The summed E-state index contributed by atoms with van der Waals surface area (Å²) in [6.45, 7) is 0. The molecule has 0 spiro atoms. The molecule has 6 heteroatoms. The van der Waals surface area contributed by atoms with Gasteiger partial charge in [-0.05, 0) is 12.0 Å². The second-order valence-electron chi connectivity index (χ2n) is 2.46. The summed E-state index contributed by atoms with van der Waals surface area (Å²) in [5, 5.41) is 5.92. The van der Waals surface area contributed by atoms with Crippen molar-refractivity contribution in [3.63, 3.8) is 0 Å². The Morgan fingerprint density at radius 3 is 2.67 bits per heavy atom. The van der Waals surface area contributed by atoms with Gasteiger partial charge in [0.25, 0.3) is 0 Å². The number of aromatic amines is 1. The number of alkyl halides is 3. The lowest BCUT2D eigenvalue weighted by Crippen LogP contribution is -2.38. The molecule has 1 unspecified atom stereocenters. The van der Waals surface area contributed by atoms with Gasteiger partial charge in [-0.3, -0.25) is 5.10 Å². The molecule has 1 rings (SSSR count). The summed E-state index contributed by atoms with van der Waals surface area (Å²) in [5.74, 6) is 0. The Hall–Kier alpha value is -1.04. The lowest BCUT2D eigenvalue weighted by atomic mass is 10.1. The lowest BCUT2D eigenvalue weighted by Gasteiger charge is -2.13. The molecule has 0 aliphatic heterocycles. The normalized spacial score (nSPS) is 14.7. The Morgan fingerprint density at radius 1 is 1.58 bits per heavy atom. The molecule has 0 fully saturated rings. The van der Waals surface area contributed by atoms with E-state index < -0.39 is 12.2 Å². The number of aromatic nitrogens is 2. The number of nitrogens with one attached hydrogen (secondary N) is 1. The van der Waals surface area contributed by atoms with Crippen molar-refractivity contribution in [3.05, 3.63) is 18.0 Å². The molecule has 1 aromatic heterocycles. The van der Waals surface area contributed by atoms with Crippen LogP contribution in [0.25, 0.3) is 0 Å². The fourth-order valence-electron chi connectivity index (χ4n) is 0.759. The maximum absolute atomic E-state index is 11.9. The van der Waals surface area contributed by atoms with Gasteiger partial charge in [-0.2, -0.15) is 18.3 Å². The highest BCUT2D eigenvalue weighted by Gasteiger charge is 2.36. The van der Waals surface area contributed by atoms with E-state index in [0.29, 0.717) is 5.56 Å². The van der Waals surface area contributed by atoms with Crippen molar-refractivity contribution < 1.29 is 13.2 Å². The first-order valence-electron chi connectivity index (χ1n) is 3.30. The molecule has 0 saturated heterocycles. The summed E-state index contributed by atoms with van der Waals surface area (Å²) in [6.07, 6.45) is -1.85. The number of halogens is 3. The number of hydrogen-bond acceptors (Lipinski definition) is 2. The van der Waals surface area contributed by atoms with Crippen molar-refractivity contribution in [1.29, 1.82) is 0 Å². The van der Waals surface area contributed by atoms with Crippen molar-refractivity contribution in [2.75, 3.05) is 0 Å². The Labute approximate surface area is 66.8 Å². The van der Waals surface area contributed by atoms with E-state index in [9.17, 15) is 13.2 Å². The van der Waals surface area contributed by atoms with Crippen LogP contribution in [0.5, 0.6) is 0 Å². The van der Waals surface area contributed by atoms with E-state index in [-0.39, 0.29) is 6.42 Å². The van der Waals surface area contributed by atoms with E-state index in [0.717, 1.165) is 0 Å². The largest absolute Gasteiger partial charge is 0.403 e. The van der Waals surface area contributed by atoms with Gasteiger partial charge in [0.2, 0.25) is 0 Å².